The molecule has 23 heavy (non-hydrogen) atoms. The Hall–Kier alpha value is -2.56. The Morgan fingerprint density at radius 2 is 1.91 bits per heavy atom. The van der Waals surface area contributed by atoms with Crippen LogP contribution in [0.5, 0.6) is 5.75 Å². The van der Waals surface area contributed by atoms with Crippen molar-refractivity contribution in [1.82, 2.24) is 4.90 Å². The molecule has 1 heterocycles. The predicted molar refractivity (Wildman–Crippen MR) is 86.4 cm³/mol. The number of carboxylic acids is 1. The topological polar surface area (TPSA) is 66.8 Å². The van der Waals surface area contributed by atoms with Crippen LogP contribution in [-0.2, 0) is 9.59 Å². The minimum Gasteiger partial charge on any atom is -0.483 e. The molecule has 1 amide bonds. The highest BCUT2D eigenvalue weighted by atomic mass is 16.5. The van der Waals surface area contributed by atoms with Crippen molar-refractivity contribution in [2.75, 3.05) is 13.2 Å². The van der Waals surface area contributed by atoms with Gasteiger partial charge in [0.25, 0.3) is 5.91 Å². The standard InChI is InChI=1S/C18H19NO4/c20-17(19-11-4-3-9-15(19)18(21)22)12-23-16-10-5-7-13-6-1-2-8-14(13)16/h1-2,5-8,10,15H,3-4,9,11-12H2,(H,21,22). The van der Waals surface area contributed by atoms with Gasteiger partial charge < -0.3 is 14.7 Å². The van der Waals surface area contributed by atoms with Crippen molar-refractivity contribution in [3.63, 3.8) is 0 Å². The van der Waals surface area contributed by atoms with Gasteiger partial charge in [-0.3, -0.25) is 4.79 Å². The SMILES string of the molecule is O=C(O)C1CCCCN1C(=O)COc1cccc2ccccc12. The fourth-order valence-corrected chi connectivity index (χ4v) is 3.03. The van der Waals surface area contributed by atoms with Crippen molar-refractivity contribution in [3.05, 3.63) is 42.5 Å². The number of carboxylic acid groups (broad SMARTS) is 1. The molecule has 1 unspecified atom stereocenters. The number of carbonyl (C=O) groups excluding carboxylic acids is 1. The summed E-state index contributed by atoms with van der Waals surface area (Å²) < 4.78 is 5.68. The average molecular weight is 313 g/mol. The molecule has 2 aromatic carbocycles. The maximum Gasteiger partial charge on any atom is 0.326 e. The van der Waals surface area contributed by atoms with Crippen molar-refractivity contribution in [2.45, 2.75) is 25.3 Å². The Balaban J connectivity index is 1.71. The molecule has 1 aliphatic rings. The van der Waals surface area contributed by atoms with Crippen molar-refractivity contribution in [3.8, 4) is 5.75 Å². The monoisotopic (exact) mass is 313 g/mol. The van der Waals surface area contributed by atoms with Gasteiger partial charge in [0.1, 0.15) is 11.8 Å². The summed E-state index contributed by atoms with van der Waals surface area (Å²) >= 11 is 0. The number of likely N-dealkylation sites (tertiary alicyclic amines) is 1. The van der Waals surface area contributed by atoms with Gasteiger partial charge in [0.15, 0.2) is 6.61 Å². The molecular formula is C18H19NO4. The molecule has 5 nitrogen and oxygen atoms in total. The highest BCUT2D eigenvalue weighted by Gasteiger charge is 2.31. The Morgan fingerprint density at radius 3 is 2.74 bits per heavy atom. The largest absolute Gasteiger partial charge is 0.483 e. The van der Waals surface area contributed by atoms with Gasteiger partial charge in [0.05, 0.1) is 0 Å². The summed E-state index contributed by atoms with van der Waals surface area (Å²) in [7, 11) is 0. The van der Waals surface area contributed by atoms with Crippen LogP contribution in [0.3, 0.4) is 0 Å². The van der Waals surface area contributed by atoms with Gasteiger partial charge in [0.2, 0.25) is 0 Å². The van der Waals surface area contributed by atoms with E-state index >= 15 is 0 Å². The number of carbonyl (C=O) groups is 2. The molecule has 120 valence electrons. The molecule has 2 aromatic rings. The molecule has 5 heteroatoms. The van der Waals surface area contributed by atoms with Crippen LogP contribution in [0.4, 0.5) is 0 Å². The minimum absolute atomic E-state index is 0.141. The zero-order valence-electron chi connectivity index (χ0n) is 12.8. The second-order valence-corrected chi connectivity index (χ2v) is 5.70. The number of hydrogen-bond donors (Lipinski definition) is 1. The number of nitrogens with zero attached hydrogens (tertiary/aromatic N) is 1. The third kappa shape index (κ3) is 3.28. The molecule has 0 aliphatic carbocycles. The maximum absolute atomic E-state index is 12.4. The Kier molecular flexibility index (Phi) is 4.46. The molecule has 1 aliphatic heterocycles. The molecule has 3 rings (SSSR count). The number of fused-ring (bicyclic) bond motifs is 1. The molecule has 1 N–H and O–H groups in total. The summed E-state index contributed by atoms with van der Waals surface area (Å²) in [5, 5.41) is 11.2. The lowest BCUT2D eigenvalue weighted by Gasteiger charge is -2.32. The maximum atomic E-state index is 12.4. The van der Waals surface area contributed by atoms with Gasteiger partial charge in [-0.1, -0.05) is 36.4 Å². The fourth-order valence-electron chi connectivity index (χ4n) is 3.03. The van der Waals surface area contributed by atoms with Crippen molar-refractivity contribution >= 4 is 22.6 Å². The van der Waals surface area contributed by atoms with Crippen LogP contribution in [0.15, 0.2) is 42.5 Å². The van der Waals surface area contributed by atoms with Gasteiger partial charge in [0, 0.05) is 11.9 Å². The average Bonchev–Trinajstić information content (AvgIpc) is 2.59. The number of piperidine rings is 1. The first kappa shape index (κ1) is 15.3. The predicted octanol–water partition coefficient (Wildman–Crippen LogP) is 2.68. The van der Waals surface area contributed by atoms with Crippen LogP contribution in [-0.4, -0.2) is 41.1 Å². The third-order valence-electron chi connectivity index (χ3n) is 4.21. The number of benzene rings is 2. The quantitative estimate of drug-likeness (QED) is 0.942. The van der Waals surface area contributed by atoms with E-state index in [2.05, 4.69) is 0 Å². The van der Waals surface area contributed by atoms with Crippen molar-refractivity contribution in [2.24, 2.45) is 0 Å². The number of ether oxygens (including phenoxy) is 1. The summed E-state index contributed by atoms with van der Waals surface area (Å²) in [6, 6.07) is 12.7. The van der Waals surface area contributed by atoms with E-state index in [1.807, 2.05) is 42.5 Å². The van der Waals surface area contributed by atoms with E-state index in [0.29, 0.717) is 18.7 Å². The van der Waals surface area contributed by atoms with E-state index in [4.69, 9.17) is 4.74 Å². The number of aliphatic carboxylic acids is 1. The number of amides is 1. The first-order valence-corrected chi connectivity index (χ1v) is 7.79. The summed E-state index contributed by atoms with van der Waals surface area (Å²) in [4.78, 5) is 25.1. The molecule has 1 atom stereocenters. The van der Waals surface area contributed by atoms with Gasteiger partial charge in [-0.15, -0.1) is 0 Å². The summed E-state index contributed by atoms with van der Waals surface area (Å²) in [5.41, 5.74) is 0. The highest BCUT2D eigenvalue weighted by molar-refractivity contribution is 5.89. The molecule has 0 saturated carbocycles. The summed E-state index contributed by atoms with van der Waals surface area (Å²) in [6.07, 6.45) is 2.18. The van der Waals surface area contributed by atoms with E-state index in [-0.39, 0.29) is 12.5 Å². The molecule has 0 spiro atoms. The van der Waals surface area contributed by atoms with E-state index in [1.54, 1.807) is 0 Å². The minimum atomic E-state index is -0.941. The molecule has 0 radical (unpaired) electrons. The van der Waals surface area contributed by atoms with Crippen LogP contribution in [0.1, 0.15) is 19.3 Å². The lowest BCUT2D eigenvalue weighted by Crippen LogP contribution is -2.49. The highest BCUT2D eigenvalue weighted by Crippen LogP contribution is 2.25. The van der Waals surface area contributed by atoms with Crippen LogP contribution >= 0.6 is 0 Å². The van der Waals surface area contributed by atoms with E-state index in [0.717, 1.165) is 23.6 Å². The number of rotatable bonds is 4. The first-order valence-electron chi connectivity index (χ1n) is 7.79. The van der Waals surface area contributed by atoms with Crippen LogP contribution < -0.4 is 4.74 Å². The second kappa shape index (κ2) is 6.69. The zero-order valence-corrected chi connectivity index (χ0v) is 12.8. The second-order valence-electron chi connectivity index (χ2n) is 5.70. The zero-order chi connectivity index (χ0) is 16.2. The molecule has 1 saturated heterocycles. The van der Waals surface area contributed by atoms with Crippen LogP contribution in [0.25, 0.3) is 10.8 Å². The van der Waals surface area contributed by atoms with Crippen LogP contribution in [0.2, 0.25) is 0 Å². The van der Waals surface area contributed by atoms with Gasteiger partial charge in [-0.05, 0) is 30.7 Å². The van der Waals surface area contributed by atoms with Gasteiger partial charge in [-0.25, -0.2) is 4.79 Å². The van der Waals surface area contributed by atoms with E-state index in [9.17, 15) is 14.7 Å². The molecule has 0 bridgehead atoms. The van der Waals surface area contributed by atoms with Crippen LogP contribution in [0, 0.1) is 0 Å². The number of hydrogen-bond acceptors (Lipinski definition) is 3. The lowest BCUT2D eigenvalue weighted by atomic mass is 10.0. The Morgan fingerprint density at radius 1 is 1.13 bits per heavy atom. The molecule has 0 aromatic heterocycles. The van der Waals surface area contributed by atoms with Crippen molar-refractivity contribution in [1.29, 1.82) is 0 Å². The smallest absolute Gasteiger partial charge is 0.326 e. The molecular weight excluding hydrogens is 294 g/mol. The summed E-state index contributed by atoms with van der Waals surface area (Å²) in [5.74, 6) is -0.575. The summed E-state index contributed by atoms with van der Waals surface area (Å²) in [6.45, 7) is 0.340. The van der Waals surface area contributed by atoms with Gasteiger partial charge in [-0.2, -0.15) is 0 Å². The van der Waals surface area contributed by atoms with Gasteiger partial charge >= 0.3 is 5.97 Å². The Bertz CT molecular complexity index is 723. The van der Waals surface area contributed by atoms with E-state index < -0.39 is 12.0 Å². The fraction of sp³-hybridized carbons (Fsp3) is 0.333. The first-order chi connectivity index (χ1) is 11.2. The van der Waals surface area contributed by atoms with E-state index in [1.165, 1.54) is 4.90 Å². The lowest BCUT2D eigenvalue weighted by molar-refractivity contribution is -0.152. The molecule has 1 fully saturated rings. The normalized spacial score (nSPS) is 17.9. The van der Waals surface area contributed by atoms with Crippen molar-refractivity contribution < 1.29 is 19.4 Å². The Labute approximate surface area is 134 Å². The third-order valence-corrected chi connectivity index (χ3v) is 4.21.